The number of benzene rings is 1. The highest BCUT2D eigenvalue weighted by atomic mass is 32.2. The van der Waals surface area contributed by atoms with Crippen LogP contribution in [-0.4, -0.2) is 51.6 Å². The summed E-state index contributed by atoms with van der Waals surface area (Å²) in [5.41, 5.74) is 0. The Morgan fingerprint density at radius 1 is 0.731 bits per heavy atom. The molecule has 2 fully saturated rings. The van der Waals surface area contributed by atoms with Gasteiger partial charge in [0.2, 0.25) is 20.0 Å². The summed E-state index contributed by atoms with van der Waals surface area (Å²) in [6, 6.07) is 5.70. The Morgan fingerprint density at radius 3 is 1.73 bits per heavy atom. The Hall–Kier alpha value is -0.960. The largest absolute Gasteiger partial charge is 0.243 e. The Kier molecular flexibility index (Phi) is 5.77. The third kappa shape index (κ3) is 3.98. The monoisotopic (exact) mass is 400 g/mol. The second-order valence-electron chi connectivity index (χ2n) is 7.67. The van der Waals surface area contributed by atoms with Gasteiger partial charge in [0.25, 0.3) is 0 Å². The molecule has 2 heterocycles. The zero-order valence-corrected chi connectivity index (χ0v) is 17.1. The summed E-state index contributed by atoms with van der Waals surface area (Å²) >= 11 is 0. The SMILES string of the molecule is CC1CCN(S(=O)(=O)c2ccc(S(=O)(=O)N3CCC[C@H](C)C3)cc2)CC1. The summed E-state index contributed by atoms with van der Waals surface area (Å²) in [7, 11) is -7.12. The minimum atomic E-state index is -3.56. The number of piperidine rings is 2. The van der Waals surface area contributed by atoms with E-state index in [9.17, 15) is 16.8 Å². The Morgan fingerprint density at radius 2 is 1.23 bits per heavy atom. The molecule has 26 heavy (non-hydrogen) atoms. The van der Waals surface area contributed by atoms with Crippen LogP contribution >= 0.6 is 0 Å². The molecule has 0 spiro atoms. The van der Waals surface area contributed by atoms with E-state index in [2.05, 4.69) is 13.8 Å². The standard InChI is InChI=1S/C18H28N2O4S2/c1-15-9-12-19(13-10-15)25(21,22)17-5-7-18(8-6-17)26(23,24)20-11-3-4-16(2)14-20/h5-8,15-16H,3-4,9-14H2,1-2H3/t16-/m0/s1. The first kappa shape index (κ1) is 19.8. The van der Waals surface area contributed by atoms with E-state index >= 15 is 0 Å². The van der Waals surface area contributed by atoms with Crippen LogP contribution in [0.4, 0.5) is 0 Å². The van der Waals surface area contributed by atoms with Gasteiger partial charge in [0.1, 0.15) is 0 Å². The molecular weight excluding hydrogens is 372 g/mol. The maximum atomic E-state index is 12.8. The molecule has 146 valence electrons. The van der Waals surface area contributed by atoms with Crippen molar-refractivity contribution in [2.45, 2.75) is 49.3 Å². The van der Waals surface area contributed by atoms with Gasteiger partial charge in [-0.3, -0.25) is 0 Å². The molecule has 0 radical (unpaired) electrons. The minimum Gasteiger partial charge on any atom is -0.207 e. The van der Waals surface area contributed by atoms with Crippen LogP contribution in [0.25, 0.3) is 0 Å². The number of hydrogen-bond acceptors (Lipinski definition) is 4. The van der Waals surface area contributed by atoms with Crippen LogP contribution in [0.2, 0.25) is 0 Å². The molecule has 0 bridgehead atoms. The van der Waals surface area contributed by atoms with Crippen LogP contribution in [0.5, 0.6) is 0 Å². The molecule has 1 aromatic rings. The molecule has 0 amide bonds. The highest BCUT2D eigenvalue weighted by molar-refractivity contribution is 7.89. The molecule has 0 N–H and O–H groups in total. The van der Waals surface area contributed by atoms with E-state index in [4.69, 9.17) is 0 Å². The molecule has 1 atom stereocenters. The van der Waals surface area contributed by atoms with E-state index < -0.39 is 20.0 Å². The van der Waals surface area contributed by atoms with Gasteiger partial charge in [0.05, 0.1) is 9.79 Å². The van der Waals surface area contributed by atoms with Crippen LogP contribution < -0.4 is 0 Å². The zero-order valence-electron chi connectivity index (χ0n) is 15.5. The van der Waals surface area contributed by atoms with E-state index in [1.165, 1.54) is 32.9 Å². The summed E-state index contributed by atoms with van der Waals surface area (Å²) in [5.74, 6) is 0.889. The van der Waals surface area contributed by atoms with Gasteiger partial charge in [0.15, 0.2) is 0 Å². The molecule has 0 saturated carbocycles. The summed E-state index contributed by atoms with van der Waals surface area (Å²) in [5, 5.41) is 0. The van der Waals surface area contributed by atoms with Gasteiger partial charge in [-0.05, 0) is 61.8 Å². The van der Waals surface area contributed by atoms with E-state index in [1.807, 2.05) is 0 Å². The molecule has 3 rings (SSSR count). The fraction of sp³-hybridized carbons (Fsp3) is 0.667. The van der Waals surface area contributed by atoms with E-state index in [0.29, 0.717) is 38.0 Å². The minimum absolute atomic E-state index is 0.165. The van der Waals surface area contributed by atoms with Crippen LogP contribution in [0.3, 0.4) is 0 Å². The molecule has 2 saturated heterocycles. The van der Waals surface area contributed by atoms with Gasteiger partial charge in [-0.25, -0.2) is 16.8 Å². The highest BCUT2D eigenvalue weighted by Gasteiger charge is 2.31. The number of rotatable bonds is 4. The van der Waals surface area contributed by atoms with Crippen molar-refractivity contribution in [3.8, 4) is 0 Å². The van der Waals surface area contributed by atoms with Gasteiger partial charge in [0, 0.05) is 26.2 Å². The van der Waals surface area contributed by atoms with Crippen molar-refractivity contribution in [2.75, 3.05) is 26.2 Å². The normalized spacial score (nSPS) is 24.6. The molecule has 1 aromatic carbocycles. The second-order valence-corrected chi connectivity index (χ2v) is 11.5. The average molecular weight is 401 g/mol. The molecule has 8 heteroatoms. The predicted octanol–water partition coefficient (Wildman–Crippen LogP) is 2.53. The lowest BCUT2D eigenvalue weighted by molar-refractivity contribution is 0.281. The maximum absolute atomic E-state index is 12.8. The van der Waals surface area contributed by atoms with Crippen molar-refractivity contribution in [3.63, 3.8) is 0 Å². The van der Waals surface area contributed by atoms with E-state index in [0.717, 1.165) is 25.7 Å². The number of sulfonamides is 2. The second kappa shape index (κ2) is 7.58. The third-order valence-electron chi connectivity index (χ3n) is 5.46. The first-order chi connectivity index (χ1) is 12.2. The van der Waals surface area contributed by atoms with Gasteiger partial charge in [-0.2, -0.15) is 8.61 Å². The molecule has 6 nitrogen and oxygen atoms in total. The first-order valence-electron chi connectivity index (χ1n) is 9.31. The molecule has 2 aliphatic rings. The van der Waals surface area contributed by atoms with Crippen molar-refractivity contribution >= 4 is 20.0 Å². The fourth-order valence-corrected chi connectivity index (χ4v) is 6.74. The average Bonchev–Trinajstić information content (AvgIpc) is 2.62. The molecule has 0 aromatic heterocycles. The van der Waals surface area contributed by atoms with Gasteiger partial charge in [-0.15, -0.1) is 0 Å². The van der Waals surface area contributed by atoms with Crippen molar-refractivity contribution < 1.29 is 16.8 Å². The lowest BCUT2D eigenvalue weighted by atomic mass is 10.0. The Balaban J connectivity index is 1.79. The lowest BCUT2D eigenvalue weighted by Crippen LogP contribution is -2.39. The van der Waals surface area contributed by atoms with Crippen LogP contribution in [0.1, 0.15) is 39.5 Å². The quantitative estimate of drug-likeness (QED) is 0.778. The van der Waals surface area contributed by atoms with Gasteiger partial charge >= 0.3 is 0 Å². The molecule has 2 aliphatic heterocycles. The Labute approximate surface area is 157 Å². The maximum Gasteiger partial charge on any atom is 0.243 e. The smallest absolute Gasteiger partial charge is 0.207 e. The van der Waals surface area contributed by atoms with E-state index in [-0.39, 0.29) is 9.79 Å². The lowest BCUT2D eigenvalue weighted by Gasteiger charge is -2.30. The van der Waals surface area contributed by atoms with Gasteiger partial charge < -0.3 is 0 Å². The predicted molar refractivity (Wildman–Crippen MR) is 101 cm³/mol. The highest BCUT2D eigenvalue weighted by Crippen LogP contribution is 2.27. The van der Waals surface area contributed by atoms with Gasteiger partial charge in [-0.1, -0.05) is 13.8 Å². The fourth-order valence-electron chi connectivity index (χ4n) is 3.67. The molecule has 0 unspecified atom stereocenters. The third-order valence-corrected chi connectivity index (χ3v) is 9.25. The van der Waals surface area contributed by atoms with E-state index in [1.54, 1.807) is 0 Å². The van der Waals surface area contributed by atoms with Crippen LogP contribution in [0, 0.1) is 11.8 Å². The molecular formula is C18H28N2O4S2. The summed E-state index contributed by atoms with van der Waals surface area (Å²) < 4.78 is 54.1. The summed E-state index contributed by atoms with van der Waals surface area (Å²) in [4.78, 5) is 0.329. The van der Waals surface area contributed by atoms with Crippen molar-refractivity contribution in [1.29, 1.82) is 0 Å². The number of hydrogen-bond donors (Lipinski definition) is 0. The van der Waals surface area contributed by atoms with Crippen molar-refractivity contribution in [2.24, 2.45) is 11.8 Å². The van der Waals surface area contributed by atoms with Crippen LogP contribution in [-0.2, 0) is 20.0 Å². The van der Waals surface area contributed by atoms with Crippen LogP contribution in [0.15, 0.2) is 34.1 Å². The van der Waals surface area contributed by atoms with Crippen molar-refractivity contribution in [3.05, 3.63) is 24.3 Å². The topological polar surface area (TPSA) is 74.8 Å². The summed E-state index contributed by atoms with van der Waals surface area (Å²) in [6.07, 6.45) is 3.62. The number of nitrogens with zero attached hydrogens (tertiary/aromatic N) is 2. The van der Waals surface area contributed by atoms with Crippen molar-refractivity contribution in [1.82, 2.24) is 8.61 Å². The molecule has 0 aliphatic carbocycles. The zero-order chi connectivity index (χ0) is 18.9. The first-order valence-corrected chi connectivity index (χ1v) is 12.2. The Bertz CT molecular complexity index is 826. The summed E-state index contributed by atoms with van der Waals surface area (Å²) in [6.45, 7) is 6.28.